The Morgan fingerprint density at radius 1 is 1.13 bits per heavy atom. The number of imidazole rings is 1. The zero-order valence-corrected chi connectivity index (χ0v) is 18.4. The molecule has 1 saturated heterocycles. The van der Waals surface area contributed by atoms with E-state index in [4.69, 9.17) is 9.72 Å². The molecule has 0 N–H and O–H groups in total. The fourth-order valence-electron chi connectivity index (χ4n) is 4.13. The van der Waals surface area contributed by atoms with Crippen LogP contribution in [0.25, 0.3) is 16.9 Å². The van der Waals surface area contributed by atoms with Crippen LogP contribution in [-0.2, 0) is 0 Å². The minimum atomic E-state index is 0.0555. The summed E-state index contributed by atoms with van der Waals surface area (Å²) in [5.74, 6) is 0.934. The molecule has 1 fully saturated rings. The van der Waals surface area contributed by atoms with Crippen LogP contribution in [0.5, 0.6) is 5.75 Å². The normalized spacial score (nSPS) is 17.2. The van der Waals surface area contributed by atoms with Gasteiger partial charge in [0.05, 0.1) is 30.1 Å². The van der Waals surface area contributed by atoms with E-state index in [1.165, 1.54) is 0 Å². The van der Waals surface area contributed by atoms with Gasteiger partial charge in [-0.2, -0.15) is 11.3 Å². The molecule has 1 aromatic carbocycles. The van der Waals surface area contributed by atoms with Crippen molar-refractivity contribution in [2.24, 2.45) is 0 Å². The number of likely N-dealkylation sites (N-methyl/N-ethyl adjacent to an activating group) is 1. The van der Waals surface area contributed by atoms with Gasteiger partial charge in [0.2, 0.25) is 0 Å². The summed E-state index contributed by atoms with van der Waals surface area (Å²) < 4.78 is 7.42. The molecule has 4 aromatic rings. The van der Waals surface area contributed by atoms with Crippen molar-refractivity contribution in [2.45, 2.75) is 6.04 Å². The van der Waals surface area contributed by atoms with Crippen LogP contribution < -0.4 is 4.74 Å². The third-order valence-electron chi connectivity index (χ3n) is 5.94. The summed E-state index contributed by atoms with van der Waals surface area (Å²) in [6.07, 6.45) is 2.11. The number of fused-ring (bicyclic) bond motifs is 1. The average molecular weight is 433 g/mol. The van der Waals surface area contributed by atoms with E-state index in [-0.39, 0.29) is 11.9 Å². The maximum absolute atomic E-state index is 12.9. The Morgan fingerprint density at radius 3 is 2.71 bits per heavy atom. The van der Waals surface area contributed by atoms with Gasteiger partial charge in [-0.1, -0.05) is 6.07 Å². The Labute approximate surface area is 185 Å². The minimum absolute atomic E-state index is 0.0555. The molecule has 158 valence electrons. The Morgan fingerprint density at radius 2 is 1.97 bits per heavy atom. The van der Waals surface area contributed by atoms with Gasteiger partial charge in [0.1, 0.15) is 11.4 Å². The summed E-state index contributed by atoms with van der Waals surface area (Å²) in [5.41, 5.74) is 4.82. The monoisotopic (exact) mass is 432 g/mol. The number of carbonyl (C=O) groups is 1. The fraction of sp³-hybridized carbons (Fsp3) is 0.250. The summed E-state index contributed by atoms with van der Waals surface area (Å²) >= 11 is 1.55. The van der Waals surface area contributed by atoms with Crippen molar-refractivity contribution in [3.8, 4) is 17.0 Å². The summed E-state index contributed by atoms with van der Waals surface area (Å²) in [5, 5.41) is 3.87. The van der Waals surface area contributed by atoms with Crippen LogP contribution in [-0.4, -0.2) is 58.9 Å². The lowest BCUT2D eigenvalue weighted by Gasteiger charge is -2.38. The zero-order valence-electron chi connectivity index (χ0n) is 17.6. The largest absolute Gasteiger partial charge is 0.497 e. The van der Waals surface area contributed by atoms with Gasteiger partial charge in [-0.05, 0) is 60.5 Å². The van der Waals surface area contributed by atoms with Gasteiger partial charge in [0.25, 0.3) is 5.91 Å². The first kappa shape index (κ1) is 19.8. The molecule has 4 heterocycles. The molecule has 0 radical (unpaired) electrons. The van der Waals surface area contributed by atoms with Crippen LogP contribution in [0.2, 0.25) is 0 Å². The van der Waals surface area contributed by atoms with Crippen LogP contribution in [0, 0.1) is 0 Å². The van der Waals surface area contributed by atoms with E-state index in [9.17, 15) is 4.79 Å². The number of methoxy groups -OCH3 is 1. The molecule has 0 spiro atoms. The number of amides is 1. The van der Waals surface area contributed by atoms with Gasteiger partial charge >= 0.3 is 0 Å². The van der Waals surface area contributed by atoms with Crippen molar-refractivity contribution in [1.29, 1.82) is 0 Å². The lowest BCUT2D eigenvalue weighted by atomic mass is 10.1. The summed E-state index contributed by atoms with van der Waals surface area (Å²) in [7, 11) is 3.77. The molecule has 1 aliphatic heterocycles. The molecule has 1 amide bonds. The third kappa shape index (κ3) is 3.71. The predicted octanol–water partition coefficient (Wildman–Crippen LogP) is 4.20. The maximum Gasteiger partial charge on any atom is 0.254 e. The molecule has 0 unspecified atom stereocenters. The number of nitrogens with zero attached hydrogens (tertiary/aromatic N) is 4. The van der Waals surface area contributed by atoms with Gasteiger partial charge in [0.15, 0.2) is 0 Å². The van der Waals surface area contributed by atoms with Crippen molar-refractivity contribution in [3.63, 3.8) is 0 Å². The van der Waals surface area contributed by atoms with Crippen LogP contribution in [0.3, 0.4) is 0 Å². The Balaban J connectivity index is 1.47. The average Bonchev–Trinajstić information content (AvgIpc) is 3.49. The first-order chi connectivity index (χ1) is 15.1. The summed E-state index contributed by atoms with van der Waals surface area (Å²) in [4.78, 5) is 22.0. The quantitative estimate of drug-likeness (QED) is 0.485. The molecule has 3 aromatic heterocycles. The third-order valence-corrected chi connectivity index (χ3v) is 6.62. The molecule has 5 rings (SSSR count). The molecule has 6 nitrogen and oxygen atoms in total. The van der Waals surface area contributed by atoms with Gasteiger partial charge in [-0.3, -0.25) is 14.1 Å². The Hall–Kier alpha value is -3.16. The SMILES string of the molecule is COc1ccc(-c2cccc3nc([C@@H]4CN(C(=O)c5ccsc5)CCN4C)cn23)cc1. The van der Waals surface area contributed by atoms with E-state index in [0.29, 0.717) is 6.54 Å². The van der Waals surface area contributed by atoms with Gasteiger partial charge in [-0.25, -0.2) is 4.98 Å². The Bertz CT molecular complexity index is 1200. The summed E-state index contributed by atoms with van der Waals surface area (Å²) in [6.45, 7) is 2.18. The molecule has 1 aliphatic rings. The molecule has 7 heteroatoms. The number of ether oxygens (including phenoxy) is 1. The topological polar surface area (TPSA) is 50.1 Å². The minimum Gasteiger partial charge on any atom is -0.497 e. The molecule has 31 heavy (non-hydrogen) atoms. The van der Waals surface area contributed by atoms with Crippen molar-refractivity contribution in [3.05, 3.63) is 76.7 Å². The van der Waals surface area contributed by atoms with E-state index < -0.39 is 0 Å². The van der Waals surface area contributed by atoms with Crippen molar-refractivity contribution >= 4 is 22.9 Å². The van der Waals surface area contributed by atoms with Crippen LogP contribution >= 0.6 is 11.3 Å². The second-order valence-electron chi connectivity index (χ2n) is 7.79. The number of rotatable bonds is 4. The van der Waals surface area contributed by atoms with E-state index in [2.05, 4.69) is 40.7 Å². The van der Waals surface area contributed by atoms with E-state index in [1.807, 2.05) is 46.0 Å². The van der Waals surface area contributed by atoms with Crippen LogP contribution in [0.1, 0.15) is 22.1 Å². The maximum atomic E-state index is 12.9. The van der Waals surface area contributed by atoms with Gasteiger partial charge in [0, 0.05) is 31.2 Å². The standard InChI is InChI=1S/C24H24N4O2S/c1-26-11-12-27(24(29)18-10-13-31-16-18)15-22(26)20-14-28-21(4-3-5-23(28)25-20)17-6-8-19(30-2)9-7-17/h3-10,13-14,16,22H,11-12,15H2,1-2H3/t22-/m0/s1. The van der Waals surface area contributed by atoms with Gasteiger partial charge in [-0.15, -0.1) is 0 Å². The van der Waals surface area contributed by atoms with Crippen molar-refractivity contribution in [1.82, 2.24) is 19.2 Å². The second kappa shape index (κ2) is 8.17. The number of hydrogen-bond acceptors (Lipinski definition) is 5. The molecular formula is C24H24N4O2S. The molecule has 0 bridgehead atoms. The highest BCUT2D eigenvalue weighted by atomic mass is 32.1. The number of aromatic nitrogens is 2. The van der Waals surface area contributed by atoms with E-state index in [1.54, 1.807) is 18.4 Å². The molecule has 0 saturated carbocycles. The van der Waals surface area contributed by atoms with Crippen LogP contribution in [0.4, 0.5) is 0 Å². The highest BCUT2D eigenvalue weighted by Crippen LogP contribution is 2.28. The number of pyridine rings is 1. The fourth-order valence-corrected chi connectivity index (χ4v) is 4.76. The first-order valence-corrected chi connectivity index (χ1v) is 11.2. The van der Waals surface area contributed by atoms with Gasteiger partial charge < -0.3 is 9.64 Å². The van der Waals surface area contributed by atoms with Crippen molar-refractivity contribution < 1.29 is 9.53 Å². The predicted molar refractivity (Wildman–Crippen MR) is 123 cm³/mol. The molecular weight excluding hydrogens is 408 g/mol. The zero-order chi connectivity index (χ0) is 21.4. The lowest BCUT2D eigenvalue weighted by Crippen LogP contribution is -2.49. The molecule has 0 aliphatic carbocycles. The lowest BCUT2D eigenvalue weighted by molar-refractivity contribution is 0.0541. The first-order valence-electron chi connectivity index (χ1n) is 10.3. The summed E-state index contributed by atoms with van der Waals surface area (Å²) in [6, 6.07) is 16.1. The number of hydrogen-bond donors (Lipinski definition) is 0. The van der Waals surface area contributed by atoms with Crippen molar-refractivity contribution in [2.75, 3.05) is 33.8 Å². The number of piperazine rings is 1. The smallest absolute Gasteiger partial charge is 0.254 e. The number of benzene rings is 1. The number of carbonyl (C=O) groups excluding carboxylic acids is 1. The van der Waals surface area contributed by atoms with E-state index in [0.717, 1.165) is 47.0 Å². The van der Waals surface area contributed by atoms with E-state index >= 15 is 0 Å². The second-order valence-corrected chi connectivity index (χ2v) is 8.57. The highest BCUT2D eigenvalue weighted by Gasteiger charge is 2.30. The molecule has 1 atom stereocenters. The number of thiophene rings is 1. The highest BCUT2D eigenvalue weighted by molar-refractivity contribution is 7.08. The van der Waals surface area contributed by atoms with Crippen LogP contribution in [0.15, 0.2) is 65.5 Å². The Kier molecular flexibility index (Phi) is 5.21.